The first-order chi connectivity index (χ1) is 22.9. The van der Waals surface area contributed by atoms with E-state index in [0.717, 1.165) is 84.2 Å². The average Bonchev–Trinajstić information content (AvgIpc) is 3.84. The molecule has 6 aliphatic rings. The van der Waals surface area contributed by atoms with Crippen molar-refractivity contribution in [2.45, 2.75) is 109 Å². The summed E-state index contributed by atoms with van der Waals surface area (Å²) in [6.07, 6.45) is 18.9. The van der Waals surface area contributed by atoms with Gasteiger partial charge in [0.2, 0.25) is 0 Å². The highest BCUT2D eigenvalue weighted by Gasteiger charge is 2.42. The van der Waals surface area contributed by atoms with Crippen LogP contribution in [0.2, 0.25) is 0 Å². The van der Waals surface area contributed by atoms with E-state index in [1.54, 1.807) is 4.90 Å². The SMILES string of the molecule is C[C@H]1CC[C@@H](c2nc3c([nH]2)CCC2C=C4C(=CC32)OC=C2C=C(c3cnc([C@@H]5CC[C@H](C)N5C(=O)OC(C)(C)C)[nH]3)C=CC24)N1C(=O)O. The molecule has 8 rings (SSSR count). The highest BCUT2D eigenvalue weighted by Crippen LogP contribution is 2.49. The summed E-state index contributed by atoms with van der Waals surface area (Å²) in [5, 5.41) is 9.84. The molecule has 2 fully saturated rings. The minimum atomic E-state index is -0.887. The number of hydrogen-bond donors (Lipinski definition) is 3. The molecular formula is C37H44N6O5. The summed E-state index contributed by atoms with van der Waals surface area (Å²) in [6, 6.07) is -0.327. The number of aryl methyl sites for hydroxylation is 1. The fourth-order valence-corrected chi connectivity index (χ4v) is 8.51. The highest BCUT2D eigenvalue weighted by atomic mass is 16.6. The van der Waals surface area contributed by atoms with Gasteiger partial charge in [0.05, 0.1) is 35.9 Å². The topological polar surface area (TPSA) is 137 Å². The van der Waals surface area contributed by atoms with Crippen molar-refractivity contribution in [1.29, 1.82) is 0 Å². The standard InChI is InChI=1S/C37H44N6O5/c1-19-6-13-30(42(19)35(44)45)34-39-27-11-9-21-15-26-24-10-8-22(14-23(24)18-47-31(26)16-25(21)32(27)41-34)28-17-38-33(40-28)29-12-7-20(2)43(29)36(46)48-37(3,4)5/h8,10,14-21,24-25,29-30H,6-7,9,11-13H2,1-5H3,(H,38,40)(H,39,41)(H,44,45)/t19-,20-,21?,24?,25?,29-,30-/m0/s1. The van der Waals surface area contributed by atoms with Crippen molar-refractivity contribution < 1.29 is 24.2 Å². The maximum atomic E-state index is 13.1. The Kier molecular flexibility index (Phi) is 7.23. The van der Waals surface area contributed by atoms with Gasteiger partial charge in [-0.1, -0.05) is 18.2 Å². The van der Waals surface area contributed by atoms with Gasteiger partial charge in [0.25, 0.3) is 0 Å². The van der Waals surface area contributed by atoms with E-state index in [2.05, 4.69) is 47.3 Å². The number of carbonyl (C=O) groups excluding carboxylic acids is 1. The van der Waals surface area contributed by atoms with E-state index in [9.17, 15) is 14.7 Å². The van der Waals surface area contributed by atoms with E-state index in [0.29, 0.717) is 5.92 Å². The van der Waals surface area contributed by atoms with E-state index in [-0.39, 0.29) is 42.1 Å². The number of aromatic nitrogens is 4. The molecule has 3 unspecified atom stereocenters. The normalized spacial score (nSPS) is 30.6. The van der Waals surface area contributed by atoms with Crippen LogP contribution < -0.4 is 0 Å². The van der Waals surface area contributed by atoms with Crippen LogP contribution in [0.5, 0.6) is 0 Å². The number of hydrogen-bond acceptors (Lipinski definition) is 6. The molecule has 11 heteroatoms. The molecule has 48 heavy (non-hydrogen) atoms. The molecule has 0 spiro atoms. The Morgan fingerprint density at radius 2 is 1.75 bits per heavy atom. The molecule has 7 atom stereocenters. The summed E-state index contributed by atoms with van der Waals surface area (Å²) in [5.74, 6) is 2.88. The lowest BCUT2D eigenvalue weighted by atomic mass is 9.72. The van der Waals surface area contributed by atoms with Gasteiger partial charge in [0, 0.05) is 35.2 Å². The molecule has 2 saturated heterocycles. The van der Waals surface area contributed by atoms with Crippen LogP contribution in [0.25, 0.3) is 5.57 Å². The Labute approximate surface area is 280 Å². The number of fused-ring (bicyclic) bond motifs is 6. The molecule has 0 bridgehead atoms. The number of aromatic amines is 2. The van der Waals surface area contributed by atoms with Crippen LogP contribution in [0.4, 0.5) is 9.59 Å². The number of ether oxygens (including phenoxy) is 2. The largest absolute Gasteiger partial charge is 0.465 e. The minimum Gasteiger partial charge on any atom is -0.465 e. The number of carboxylic acid groups (broad SMARTS) is 1. The Hall–Kier alpha value is -4.54. The van der Waals surface area contributed by atoms with E-state index < -0.39 is 11.7 Å². The first-order valence-electron chi connectivity index (χ1n) is 17.3. The summed E-state index contributed by atoms with van der Waals surface area (Å²) < 4.78 is 12.0. The number of nitrogens with zero attached hydrogens (tertiary/aromatic N) is 4. The van der Waals surface area contributed by atoms with Gasteiger partial charge in [-0.25, -0.2) is 19.6 Å². The molecule has 0 aromatic carbocycles. The summed E-state index contributed by atoms with van der Waals surface area (Å²) in [6.45, 7) is 9.69. The number of imidazole rings is 2. The van der Waals surface area contributed by atoms with E-state index in [4.69, 9.17) is 19.4 Å². The second-order valence-electron chi connectivity index (χ2n) is 15.2. The molecule has 5 heterocycles. The van der Waals surface area contributed by atoms with Crippen LogP contribution in [-0.2, 0) is 15.9 Å². The van der Waals surface area contributed by atoms with E-state index >= 15 is 0 Å². The number of rotatable bonds is 3. The number of H-pyrrole nitrogens is 2. The monoisotopic (exact) mass is 652 g/mol. The lowest BCUT2D eigenvalue weighted by Crippen LogP contribution is -2.40. The van der Waals surface area contributed by atoms with Crippen molar-refractivity contribution in [3.8, 4) is 0 Å². The lowest BCUT2D eigenvalue weighted by Gasteiger charge is -2.36. The number of likely N-dealkylation sites (tertiary alicyclic amines) is 2. The lowest BCUT2D eigenvalue weighted by molar-refractivity contribution is 0.0151. The van der Waals surface area contributed by atoms with E-state index in [1.165, 1.54) is 5.57 Å². The second-order valence-corrected chi connectivity index (χ2v) is 15.2. The molecule has 252 valence electrons. The first-order valence-corrected chi connectivity index (χ1v) is 17.3. The summed E-state index contributed by atoms with van der Waals surface area (Å²) in [5.41, 5.74) is 5.74. The molecule has 3 aliphatic heterocycles. The zero-order valence-corrected chi connectivity index (χ0v) is 28.2. The molecule has 11 nitrogen and oxygen atoms in total. The fourth-order valence-electron chi connectivity index (χ4n) is 8.51. The van der Waals surface area contributed by atoms with Crippen LogP contribution >= 0.6 is 0 Å². The molecule has 0 radical (unpaired) electrons. The zero-order valence-electron chi connectivity index (χ0n) is 28.2. The van der Waals surface area contributed by atoms with Crippen molar-refractivity contribution in [1.82, 2.24) is 29.7 Å². The second kappa shape index (κ2) is 11.3. The van der Waals surface area contributed by atoms with Crippen LogP contribution in [0.15, 0.2) is 59.7 Å². The quantitative estimate of drug-likeness (QED) is 0.313. The van der Waals surface area contributed by atoms with Crippen LogP contribution in [0, 0.1) is 11.8 Å². The molecule has 3 N–H and O–H groups in total. The average molecular weight is 653 g/mol. The first kappa shape index (κ1) is 30.8. The van der Waals surface area contributed by atoms with Crippen molar-refractivity contribution in [3.05, 3.63) is 88.5 Å². The van der Waals surface area contributed by atoms with Gasteiger partial charge in [-0.15, -0.1) is 0 Å². The number of carbonyl (C=O) groups is 2. The van der Waals surface area contributed by atoms with Crippen molar-refractivity contribution in [2.24, 2.45) is 11.8 Å². The van der Waals surface area contributed by atoms with E-state index in [1.807, 2.05) is 45.1 Å². The minimum absolute atomic E-state index is 0.0136. The third kappa shape index (κ3) is 5.18. The molecule has 0 saturated carbocycles. The Bertz CT molecular complexity index is 1820. The van der Waals surface area contributed by atoms with Crippen molar-refractivity contribution in [2.75, 3.05) is 0 Å². The molecule has 2 aromatic rings. The highest BCUT2D eigenvalue weighted by molar-refractivity contribution is 5.77. The predicted molar refractivity (Wildman–Crippen MR) is 178 cm³/mol. The van der Waals surface area contributed by atoms with Gasteiger partial charge in [0.1, 0.15) is 23.0 Å². The zero-order chi connectivity index (χ0) is 33.5. The maximum absolute atomic E-state index is 13.1. The van der Waals surface area contributed by atoms with Gasteiger partial charge in [-0.05, 0) is 102 Å². The third-order valence-electron chi connectivity index (χ3n) is 10.8. The van der Waals surface area contributed by atoms with Crippen molar-refractivity contribution in [3.63, 3.8) is 0 Å². The van der Waals surface area contributed by atoms with Crippen molar-refractivity contribution >= 4 is 17.8 Å². The maximum Gasteiger partial charge on any atom is 0.411 e. The van der Waals surface area contributed by atoms with Gasteiger partial charge in [0.15, 0.2) is 0 Å². The molecule has 2 aromatic heterocycles. The fraction of sp³-hybridized carbons (Fsp3) is 0.514. The van der Waals surface area contributed by atoms with Gasteiger partial charge < -0.3 is 24.5 Å². The molecule has 2 amide bonds. The Balaban J connectivity index is 1.01. The van der Waals surface area contributed by atoms with Crippen LogP contribution in [-0.4, -0.2) is 64.7 Å². The smallest absolute Gasteiger partial charge is 0.411 e. The molecular weight excluding hydrogens is 608 g/mol. The number of amides is 2. The van der Waals surface area contributed by atoms with Gasteiger partial charge in [-0.2, -0.15) is 0 Å². The number of allylic oxidation sites excluding steroid dienone is 8. The van der Waals surface area contributed by atoms with Gasteiger partial charge in [-0.3, -0.25) is 9.80 Å². The summed E-state index contributed by atoms with van der Waals surface area (Å²) in [4.78, 5) is 45.2. The Morgan fingerprint density at radius 1 is 1.00 bits per heavy atom. The third-order valence-corrected chi connectivity index (χ3v) is 10.8. The van der Waals surface area contributed by atoms with Crippen LogP contribution in [0.1, 0.15) is 113 Å². The summed E-state index contributed by atoms with van der Waals surface area (Å²) >= 11 is 0. The predicted octanol–water partition coefficient (Wildman–Crippen LogP) is 7.45. The summed E-state index contributed by atoms with van der Waals surface area (Å²) in [7, 11) is 0. The molecule has 3 aliphatic carbocycles. The number of nitrogens with one attached hydrogen (secondary N) is 2. The van der Waals surface area contributed by atoms with Crippen LogP contribution in [0.3, 0.4) is 0 Å². The Morgan fingerprint density at radius 3 is 2.50 bits per heavy atom. The van der Waals surface area contributed by atoms with Gasteiger partial charge >= 0.3 is 12.2 Å².